The van der Waals surface area contributed by atoms with Crippen LogP contribution < -0.4 is 10.1 Å². The van der Waals surface area contributed by atoms with Crippen LogP contribution in [0.25, 0.3) is 0 Å². The highest BCUT2D eigenvalue weighted by Gasteiger charge is 2.18. The Labute approximate surface area is 134 Å². The number of hydrogen-bond donors (Lipinski definition) is 4. The zero-order valence-electron chi connectivity index (χ0n) is 13.8. The summed E-state index contributed by atoms with van der Waals surface area (Å²) >= 11 is 0. The van der Waals surface area contributed by atoms with Gasteiger partial charge in [0.15, 0.2) is 11.6 Å². The van der Waals surface area contributed by atoms with Crippen molar-refractivity contribution in [2.24, 2.45) is 0 Å². The fraction of sp³-hybridized carbons (Fsp3) is 0.600. The maximum absolute atomic E-state index is 11.6. The molecule has 23 heavy (non-hydrogen) atoms. The number of esters is 1. The van der Waals surface area contributed by atoms with Gasteiger partial charge in [0.2, 0.25) is 5.88 Å². The van der Waals surface area contributed by atoms with Crippen molar-refractivity contribution in [3.8, 4) is 17.5 Å². The Hall–Kier alpha value is -2.38. The molecule has 0 radical (unpaired) electrons. The monoisotopic (exact) mass is 328 g/mol. The minimum Gasteiger partial charge on any atom is -0.494 e. The molecule has 130 valence electrons. The lowest BCUT2D eigenvalue weighted by Crippen LogP contribution is -2.37. The van der Waals surface area contributed by atoms with Gasteiger partial charge in [-0.1, -0.05) is 0 Å². The number of aromatic amines is 1. The van der Waals surface area contributed by atoms with Gasteiger partial charge in [-0.2, -0.15) is 0 Å². The zero-order chi connectivity index (χ0) is 17.6. The lowest BCUT2D eigenvalue weighted by atomic mass is 10.1. The second-order valence-electron chi connectivity index (χ2n) is 6.28. The number of ether oxygens (including phenoxy) is 2. The first-order valence-corrected chi connectivity index (χ1v) is 7.38. The second kappa shape index (κ2) is 7.75. The molecule has 0 saturated heterocycles. The number of aromatic nitrogens is 1. The van der Waals surface area contributed by atoms with Gasteiger partial charge in [0.25, 0.3) is 0 Å². The second-order valence-corrected chi connectivity index (χ2v) is 6.28. The summed E-state index contributed by atoms with van der Waals surface area (Å²) < 4.78 is 10.0. The molecule has 0 bridgehead atoms. The van der Waals surface area contributed by atoms with E-state index >= 15 is 0 Å². The summed E-state index contributed by atoms with van der Waals surface area (Å²) in [6, 6.07) is 0.960. The average molecular weight is 328 g/mol. The van der Waals surface area contributed by atoms with Crippen LogP contribution in [0.15, 0.2) is 6.07 Å². The number of carbonyl (C=O) groups is 2. The van der Waals surface area contributed by atoms with E-state index in [9.17, 15) is 14.7 Å². The van der Waals surface area contributed by atoms with Gasteiger partial charge in [-0.05, 0) is 40.5 Å². The molecule has 1 aromatic heterocycles. The minimum atomic E-state index is -0.558. The van der Waals surface area contributed by atoms with Crippen LogP contribution in [0.3, 0.4) is 0 Å². The van der Waals surface area contributed by atoms with Crippen molar-refractivity contribution in [2.45, 2.75) is 58.6 Å². The minimum absolute atomic E-state index is 0.117. The van der Waals surface area contributed by atoms with Gasteiger partial charge < -0.3 is 25.0 Å². The standard InChI is InChI=1S/C15H24N2O6/c1-9(16-14(21)23-15(2,3)4)6-5-7-12(19)22-10-8-11(18)17-13(10)20/h8-9,17-18,20H,5-7H2,1-4H3,(H,16,21). The molecule has 0 fully saturated rings. The molecule has 0 aromatic carbocycles. The van der Waals surface area contributed by atoms with Gasteiger partial charge in [0.05, 0.1) is 0 Å². The fourth-order valence-electron chi connectivity index (χ4n) is 1.80. The van der Waals surface area contributed by atoms with Crippen LogP contribution >= 0.6 is 0 Å². The Morgan fingerprint density at radius 3 is 2.52 bits per heavy atom. The van der Waals surface area contributed by atoms with Crippen molar-refractivity contribution < 1.29 is 29.3 Å². The number of nitrogens with one attached hydrogen (secondary N) is 2. The SMILES string of the molecule is CC(CCCC(=O)Oc1cc(O)[nH]c1O)NC(=O)OC(C)(C)C. The topological polar surface area (TPSA) is 121 Å². The molecule has 1 unspecified atom stereocenters. The third-order valence-corrected chi connectivity index (χ3v) is 2.75. The molecule has 1 amide bonds. The highest BCUT2D eigenvalue weighted by molar-refractivity contribution is 5.73. The number of carbonyl (C=O) groups excluding carboxylic acids is 2. The van der Waals surface area contributed by atoms with Crippen LogP contribution in [0.4, 0.5) is 4.79 Å². The first kappa shape index (κ1) is 18.7. The molecule has 8 heteroatoms. The Bertz CT molecular complexity index is 547. The van der Waals surface area contributed by atoms with Crippen molar-refractivity contribution in [2.75, 3.05) is 0 Å². The van der Waals surface area contributed by atoms with Crippen LogP contribution in [0.5, 0.6) is 17.5 Å². The predicted octanol–water partition coefficient (Wildman–Crippen LogP) is 2.41. The molecule has 0 aliphatic rings. The summed E-state index contributed by atoms with van der Waals surface area (Å²) in [6.45, 7) is 7.15. The number of rotatable bonds is 6. The molecular weight excluding hydrogens is 304 g/mol. The van der Waals surface area contributed by atoms with E-state index in [-0.39, 0.29) is 24.1 Å². The van der Waals surface area contributed by atoms with Crippen molar-refractivity contribution in [3.63, 3.8) is 0 Å². The summed E-state index contributed by atoms with van der Waals surface area (Å²) in [5.41, 5.74) is -0.558. The van der Waals surface area contributed by atoms with E-state index in [1.807, 2.05) is 6.92 Å². The molecule has 4 N–H and O–H groups in total. The van der Waals surface area contributed by atoms with Gasteiger partial charge in [0.1, 0.15) is 5.60 Å². The smallest absolute Gasteiger partial charge is 0.407 e. The van der Waals surface area contributed by atoms with E-state index in [1.165, 1.54) is 0 Å². The van der Waals surface area contributed by atoms with Crippen LogP contribution in [-0.2, 0) is 9.53 Å². The third kappa shape index (κ3) is 7.44. The first-order valence-electron chi connectivity index (χ1n) is 7.38. The molecule has 8 nitrogen and oxygen atoms in total. The normalized spacial score (nSPS) is 12.5. The van der Waals surface area contributed by atoms with E-state index in [2.05, 4.69) is 10.3 Å². The molecule has 1 aromatic rings. The molecule has 1 rings (SSSR count). The maximum atomic E-state index is 11.6. The van der Waals surface area contributed by atoms with Gasteiger partial charge in [-0.25, -0.2) is 4.79 Å². The van der Waals surface area contributed by atoms with Gasteiger partial charge >= 0.3 is 12.1 Å². The molecule has 1 heterocycles. The number of alkyl carbamates (subject to hydrolysis) is 1. The summed E-state index contributed by atoms with van der Waals surface area (Å²) in [7, 11) is 0. The number of aromatic hydroxyl groups is 2. The summed E-state index contributed by atoms with van der Waals surface area (Å²) in [4.78, 5) is 25.4. The summed E-state index contributed by atoms with van der Waals surface area (Å²) in [6.07, 6.45) is 0.678. The quantitative estimate of drug-likeness (QED) is 0.595. The molecular formula is C15H24N2O6. The average Bonchev–Trinajstić information content (AvgIpc) is 2.64. The van der Waals surface area contributed by atoms with E-state index in [0.29, 0.717) is 12.8 Å². The largest absolute Gasteiger partial charge is 0.494 e. The Morgan fingerprint density at radius 1 is 1.35 bits per heavy atom. The van der Waals surface area contributed by atoms with E-state index in [4.69, 9.17) is 14.6 Å². The Morgan fingerprint density at radius 2 is 2.00 bits per heavy atom. The molecule has 0 spiro atoms. The zero-order valence-corrected chi connectivity index (χ0v) is 13.8. The number of hydrogen-bond acceptors (Lipinski definition) is 6. The van der Waals surface area contributed by atoms with Crippen LogP contribution in [-0.4, -0.2) is 38.9 Å². The van der Waals surface area contributed by atoms with Crippen LogP contribution in [0, 0.1) is 0 Å². The fourth-order valence-corrected chi connectivity index (χ4v) is 1.80. The number of H-pyrrole nitrogens is 1. The van der Waals surface area contributed by atoms with Crippen molar-refractivity contribution in [1.29, 1.82) is 0 Å². The summed E-state index contributed by atoms with van der Waals surface area (Å²) in [5, 5.41) is 21.1. The van der Waals surface area contributed by atoms with E-state index in [1.54, 1.807) is 20.8 Å². The maximum Gasteiger partial charge on any atom is 0.407 e. The van der Waals surface area contributed by atoms with Gasteiger partial charge in [0, 0.05) is 18.5 Å². The molecule has 0 saturated carbocycles. The van der Waals surface area contributed by atoms with E-state index in [0.717, 1.165) is 6.07 Å². The van der Waals surface area contributed by atoms with E-state index < -0.39 is 23.5 Å². The predicted molar refractivity (Wildman–Crippen MR) is 82.4 cm³/mol. The lowest BCUT2D eigenvalue weighted by molar-refractivity contribution is -0.134. The van der Waals surface area contributed by atoms with Gasteiger partial charge in [-0.15, -0.1) is 0 Å². The first-order chi connectivity index (χ1) is 10.6. The van der Waals surface area contributed by atoms with Crippen molar-refractivity contribution in [1.82, 2.24) is 10.3 Å². The molecule has 1 atom stereocenters. The number of amides is 1. The Kier molecular flexibility index (Phi) is 6.29. The van der Waals surface area contributed by atoms with Crippen molar-refractivity contribution in [3.05, 3.63) is 6.07 Å². The third-order valence-electron chi connectivity index (χ3n) is 2.75. The van der Waals surface area contributed by atoms with Crippen LogP contribution in [0.2, 0.25) is 0 Å². The summed E-state index contributed by atoms with van der Waals surface area (Å²) in [5.74, 6) is -1.35. The van der Waals surface area contributed by atoms with Crippen LogP contribution in [0.1, 0.15) is 47.0 Å². The van der Waals surface area contributed by atoms with Crippen molar-refractivity contribution >= 4 is 12.1 Å². The Balaban J connectivity index is 2.26. The highest BCUT2D eigenvalue weighted by atomic mass is 16.6. The highest BCUT2D eigenvalue weighted by Crippen LogP contribution is 2.29. The molecule has 0 aliphatic carbocycles. The molecule has 0 aliphatic heterocycles. The lowest BCUT2D eigenvalue weighted by Gasteiger charge is -2.21. The van der Waals surface area contributed by atoms with Gasteiger partial charge in [-0.3, -0.25) is 9.78 Å².